The first-order chi connectivity index (χ1) is 8.40. The summed E-state index contributed by atoms with van der Waals surface area (Å²) in [6, 6.07) is 0.635. The summed E-state index contributed by atoms with van der Waals surface area (Å²) < 4.78 is 0. The van der Waals surface area contributed by atoms with Gasteiger partial charge in [0.25, 0.3) is 0 Å². The van der Waals surface area contributed by atoms with E-state index in [-0.39, 0.29) is 5.54 Å². The fraction of sp³-hybridized carbons (Fsp3) is 0.867. The molecule has 3 heteroatoms. The number of piperazine rings is 1. The summed E-state index contributed by atoms with van der Waals surface area (Å²) in [5.74, 6) is 0.741. The summed E-state index contributed by atoms with van der Waals surface area (Å²) >= 11 is 5.83. The molecule has 0 aromatic carbocycles. The Hall–Kier alpha value is -0.0500. The lowest BCUT2D eigenvalue weighted by Gasteiger charge is -2.46. The summed E-state index contributed by atoms with van der Waals surface area (Å²) in [7, 11) is 0. The van der Waals surface area contributed by atoms with Crippen LogP contribution in [0.5, 0.6) is 0 Å². The van der Waals surface area contributed by atoms with E-state index in [4.69, 9.17) is 11.6 Å². The SMILES string of the molecule is CCC1(C)CN(CC(C)=CCl)C(CC(C)C)CN1. The number of hydrogen-bond acceptors (Lipinski definition) is 2. The van der Waals surface area contributed by atoms with E-state index < -0.39 is 0 Å². The number of halogens is 1. The zero-order valence-corrected chi connectivity index (χ0v) is 13.3. The third-order valence-corrected chi connectivity index (χ3v) is 4.37. The molecule has 2 unspecified atom stereocenters. The van der Waals surface area contributed by atoms with Crippen LogP contribution in [0.1, 0.15) is 47.5 Å². The fourth-order valence-corrected chi connectivity index (χ4v) is 2.75. The Morgan fingerprint density at radius 2 is 2.22 bits per heavy atom. The van der Waals surface area contributed by atoms with Crippen LogP contribution in [0.3, 0.4) is 0 Å². The largest absolute Gasteiger partial charge is 0.309 e. The van der Waals surface area contributed by atoms with Crippen LogP contribution in [0.15, 0.2) is 11.1 Å². The predicted molar refractivity (Wildman–Crippen MR) is 81.1 cm³/mol. The van der Waals surface area contributed by atoms with Crippen LogP contribution in [0.25, 0.3) is 0 Å². The van der Waals surface area contributed by atoms with Crippen molar-refractivity contribution in [2.75, 3.05) is 19.6 Å². The van der Waals surface area contributed by atoms with Gasteiger partial charge in [0.2, 0.25) is 0 Å². The lowest BCUT2D eigenvalue weighted by atomic mass is 9.90. The number of rotatable bonds is 5. The van der Waals surface area contributed by atoms with Crippen LogP contribution < -0.4 is 5.32 Å². The summed E-state index contributed by atoms with van der Waals surface area (Å²) in [5, 5.41) is 3.73. The molecule has 1 N–H and O–H groups in total. The highest BCUT2D eigenvalue weighted by Crippen LogP contribution is 2.23. The molecule has 2 nitrogen and oxygen atoms in total. The van der Waals surface area contributed by atoms with Crippen molar-refractivity contribution in [3.05, 3.63) is 11.1 Å². The summed E-state index contributed by atoms with van der Waals surface area (Å²) in [6.07, 6.45) is 2.42. The third kappa shape index (κ3) is 4.56. The molecule has 1 heterocycles. The first-order valence-electron chi connectivity index (χ1n) is 7.15. The number of hydrogen-bond donors (Lipinski definition) is 1. The molecule has 0 aliphatic carbocycles. The van der Waals surface area contributed by atoms with E-state index in [1.807, 2.05) is 0 Å². The van der Waals surface area contributed by atoms with Gasteiger partial charge in [-0.3, -0.25) is 4.90 Å². The molecule has 0 amide bonds. The van der Waals surface area contributed by atoms with Crippen molar-refractivity contribution in [2.45, 2.75) is 59.0 Å². The van der Waals surface area contributed by atoms with Gasteiger partial charge in [-0.05, 0) is 38.2 Å². The lowest BCUT2D eigenvalue weighted by molar-refractivity contribution is 0.0814. The van der Waals surface area contributed by atoms with Crippen molar-refractivity contribution in [2.24, 2.45) is 5.92 Å². The second-order valence-electron chi connectivity index (χ2n) is 6.44. The van der Waals surface area contributed by atoms with Crippen LogP contribution in [0, 0.1) is 5.92 Å². The van der Waals surface area contributed by atoms with Crippen molar-refractivity contribution >= 4 is 11.6 Å². The average molecular weight is 273 g/mol. The van der Waals surface area contributed by atoms with Gasteiger partial charge in [0.15, 0.2) is 0 Å². The van der Waals surface area contributed by atoms with Gasteiger partial charge in [-0.2, -0.15) is 0 Å². The summed E-state index contributed by atoms with van der Waals surface area (Å²) in [6.45, 7) is 14.5. The van der Waals surface area contributed by atoms with E-state index in [0.29, 0.717) is 6.04 Å². The van der Waals surface area contributed by atoms with Crippen LogP contribution in [0.4, 0.5) is 0 Å². The molecule has 106 valence electrons. The van der Waals surface area contributed by atoms with E-state index in [1.165, 1.54) is 18.4 Å². The van der Waals surface area contributed by atoms with Crippen LogP contribution in [-0.4, -0.2) is 36.1 Å². The molecule has 0 radical (unpaired) electrons. The lowest BCUT2D eigenvalue weighted by Crippen LogP contribution is -2.63. The first-order valence-corrected chi connectivity index (χ1v) is 7.58. The predicted octanol–water partition coefficient (Wildman–Crippen LogP) is 3.62. The Morgan fingerprint density at radius 1 is 1.56 bits per heavy atom. The molecule has 1 aliphatic rings. The van der Waals surface area contributed by atoms with Gasteiger partial charge in [0.1, 0.15) is 0 Å². The Bertz CT molecular complexity index is 288. The molecule has 1 aliphatic heterocycles. The molecule has 0 bridgehead atoms. The molecule has 0 spiro atoms. The highest BCUT2D eigenvalue weighted by molar-refractivity contribution is 6.25. The fourth-order valence-electron chi connectivity index (χ4n) is 2.68. The minimum Gasteiger partial charge on any atom is -0.309 e. The van der Waals surface area contributed by atoms with Gasteiger partial charge in [0, 0.05) is 36.8 Å². The zero-order chi connectivity index (χ0) is 13.8. The van der Waals surface area contributed by atoms with Crippen molar-refractivity contribution in [3.8, 4) is 0 Å². The van der Waals surface area contributed by atoms with Gasteiger partial charge in [-0.25, -0.2) is 0 Å². The summed E-state index contributed by atoms with van der Waals surface area (Å²) in [5.41, 5.74) is 3.23. The van der Waals surface area contributed by atoms with E-state index in [2.05, 4.69) is 44.8 Å². The minimum atomic E-state index is 0.250. The van der Waals surface area contributed by atoms with E-state index in [1.54, 1.807) is 5.54 Å². The average Bonchev–Trinajstić information content (AvgIpc) is 2.32. The van der Waals surface area contributed by atoms with Crippen molar-refractivity contribution in [1.82, 2.24) is 10.2 Å². The van der Waals surface area contributed by atoms with Crippen molar-refractivity contribution in [1.29, 1.82) is 0 Å². The molecule has 18 heavy (non-hydrogen) atoms. The van der Waals surface area contributed by atoms with Crippen LogP contribution in [0.2, 0.25) is 0 Å². The van der Waals surface area contributed by atoms with Crippen LogP contribution >= 0.6 is 11.6 Å². The van der Waals surface area contributed by atoms with Gasteiger partial charge >= 0.3 is 0 Å². The van der Waals surface area contributed by atoms with Gasteiger partial charge < -0.3 is 5.32 Å². The summed E-state index contributed by atoms with van der Waals surface area (Å²) in [4.78, 5) is 2.61. The molecule has 2 atom stereocenters. The maximum atomic E-state index is 5.83. The Morgan fingerprint density at radius 3 is 2.72 bits per heavy atom. The highest BCUT2D eigenvalue weighted by atomic mass is 35.5. The van der Waals surface area contributed by atoms with Crippen LogP contribution in [-0.2, 0) is 0 Å². The molecule has 0 aromatic rings. The monoisotopic (exact) mass is 272 g/mol. The molecule has 1 fully saturated rings. The van der Waals surface area contributed by atoms with Gasteiger partial charge in [0.05, 0.1) is 0 Å². The highest BCUT2D eigenvalue weighted by Gasteiger charge is 2.34. The number of nitrogens with one attached hydrogen (secondary N) is 1. The van der Waals surface area contributed by atoms with E-state index in [0.717, 1.165) is 25.6 Å². The second kappa shape index (κ2) is 6.93. The molecular formula is C15H29ClN2. The van der Waals surface area contributed by atoms with E-state index >= 15 is 0 Å². The molecule has 0 aromatic heterocycles. The minimum absolute atomic E-state index is 0.250. The third-order valence-electron chi connectivity index (χ3n) is 4.00. The second-order valence-corrected chi connectivity index (χ2v) is 6.66. The van der Waals surface area contributed by atoms with Crippen molar-refractivity contribution < 1.29 is 0 Å². The maximum absolute atomic E-state index is 5.83. The number of nitrogens with zero attached hydrogens (tertiary/aromatic N) is 1. The standard InChI is InChI=1S/C15H29ClN2/c1-6-15(5)11-18(10-13(4)8-16)14(9-17-15)7-12(2)3/h8,12,14,17H,6-7,9-11H2,1-5H3. The zero-order valence-electron chi connectivity index (χ0n) is 12.6. The topological polar surface area (TPSA) is 15.3 Å². The van der Waals surface area contributed by atoms with Crippen molar-refractivity contribution in [3.63, 3.8) is 0 Å². The Kier molecular flexibility index (Phi) is 6.16. The Balaban J connectivity index is 2.72. The first kappa shape index (κ1) is 16.0. The molecule has 1 saturated heterocycles. The smallest absolute Gasteiger partial charge is 0.0278 e. The maximum Gasteiger partial charge on any atom is 0.0278 e. The quantitative estimate of drug-likeness (QED) is 0.822. The normalized spacial score (nSPS) is 31.1. The van der Waals surface area contributed by atoms with Gasteiger partial charge in [-0.15, -0.1) is 0 Å². The molecule has 1 rings (SSSR count). The van der Waals surface area contributed by atoms with E-state index in [9.17, 15) is 0 Å². The molecular weight excluding hydrogens is 244 g/mol. The molecule has 0 saturated carbocycles. The van der Waals surface area contributed by atoms with Gasteiger partial charge in [-0.1, -0.05) is 32.4 Å². The Labute approximate surface area is 118 Å².